The lowest BCUT2D eigenvalue weighted by molar-refractivity contribution is 0.483. The summed E-state index contributed by atoms with van der Waals surface area (Å²) in [6, 6.07) is 23.3. The molecule has 3 aromatic carbocycles. The first-order valence-corrected chi connectivity index (χ1v) is 10.6. The molecule has 3 aromatic rings. The van der Waals surface area contributed by atoms with Gasteiger partial charge in [-0.1, -0.05) is 36.4 Å². The fourth-order valence-corrected chi connectivity index (χ4v) is 4.03. The molecule has 0 aliphatic heterocycles. The van der Waals surface area contributed by atoms with E-state index in [-0.39, 0.29) is 0 Å². The summed E-state index contributed by atoms with van der Waals surface area (Å²) in [5.41, 5.74) is 3.83. The van der Waals surface area contributed by atoms with E-state index in [1.165, 1.54) is 10.6 Å². The average molecular weight is 381 g/mol. The number of nitrogens with zero attached hydrogens (tertiary/aromatic N) is 1. The number of aryl methyl sites for hydroxylation is 1. The van der Waals surface area contributed by atoms with Crippen LogP contribution in [0.2, 0.25) is 0 Å². The van der Waals surface area contributed by atoms with Crippen LogP contribution in [0.25, 0.3) is 11.1 Å². The first-order chi connectivity index (χ1) is 12.9. The Morgan fingerprint density at radius 1 is 0.889 bits per heavy atom. The van der Waals surface area contributed by atoms with Gasteiger partial charge in [-0.3, -0.25) is 4.31 Å². The van der Waals surface area contributed by atoms with E-state index in [4.69, 9.17) is 4.74 Å². The Morgan fingerprint density at radius 3 is 2.07 bits per heavy atom. The van der Waals surface area contributed by atoms with Crippen LogP contribution >= 0.6 is 0 Å². The quantitative estimate of drug-likeness (QED) is 0.586. The van der Waals surface area contributed by atoms with Crippen molar-refractivity contribution in [2.75, 3.05) is 17.1 Å². The molecule has 5 heteroatoms. The zero-order chi connectivity index (χ0) is 19.4. The highest BCUT2D eigenvalue weighted by atomic mass is 32.2. The van der Waals surface area contributed by atoms with Crippen LogP contribution in [0.15, 0.2) is 72.8 Å². The molecule has 0 bridgehead atoms. The third kappa shape index (κ3) is 4.49. The summed E-state index contributed by atoms with van der Waals surface area (Å²) in [6.07, 6.45) is 1.23. The van der Waals surface area contributed by atoms with Crippen LogP contribution in [0, 0.1) is 6.92 Å². The summed E-state index contributed by atoms with van der Waals surface area (Å²) in [5, 5.41) is 0. The van der Waals surface area contributed by atoms with Crippen molar-refractivity contribution >= 4 is 15.7 Å². The van der Waals surface area contributed by atoms with Crippen molar-refractivity contribution in [1.29, 1.82) is 0 Å². The molecule has 0 aliphatic rings. The largest absolute Gasteiger partial charge is 0.457 e. The molecule has 0 unspecified atom stereocenters. The van der Waals surface area contributed by atoms with Crippen LogP contribution < -0.4 is 9.04 Å². The predicted molar refractivity (Wildman–Crippen MR) is 111 cm³/mol. The highest BCUT2D eigenvalue weighted by Crippen LogP contribution is 2.30. The number of benzene rings is 3. The highest BCUT2D eigenvalue weighted by molar-refractivity contribution is 7.92. The van der Waals surface area contributed by atoms with Crippen molar-refractivity contribution in [2.24, 2.45) is 0 Å². The van der Waals surface area contributed by atoms with E-state index in [2.05, 4.69) is 0 Å². The van der Waals surface area contributed by atoms with Gasteiger partial charge in [0, 0.05) is 6.54 Å². The van der Waals surface area contributed by atoms with Crippen LogP contribution in [0.4, 0.5) is 5.69 Å². The number of hydrogen-bond acceptors (Lipinski definition) is 3. The van der Waals surface area contributed by atoms with Gasteiger partial charge in [-0.2, -0.15) is 0 Å². The molecule has 0 spiro atoms. The third-order valence-electron chi connectivity index (χ3n) is 4.33. The smallest absolute Gasteiger partial charge is 0.232 e. The molecule has 0 aromatic heterocycles. The topological polar surface area (TPSA) is 46.6 Å². The number of hydrogen-bond donors (Lipinski definition) is 0. The van der Waals surface area contributed by atoms with Crippen LogP contribution in [0.3, 0.4) is 0 Å². The molecule has 0 atom stereocenters. The number of anilines is 1. The lowest BCUT2D eigenvalue weighted by Crippen LogP contribution is -2.29. The normalized spacial score (nSPS) is 11.2. The molecule has 0 heterocycles. The van der Waals surface area contributed by atoms with E-state index in [0.29, 0.717) is 12.2 Å². The molecule has 140 valence electrons. The molecule has 0 N–H and O–H groups in total. The summed E-state index contributed by atoms with van der Waals surface area (Å²) < 4.78 is 31.1. The molecular weight excluding hydrogens is 358 g/mol. The van der Waals surface area contributed by atoms with Crippen molar-refractivity contribution in [2.45, 2.75) is 13.8 Å². The zero-order valence-corrected chi connectivity index (χ0v) is 16.5. The van der Waals surface area contributed by atoms with E-state index in [1.807, 2.05) is 86.6 Å². The van der Waals surface area contributed by atoms with E-state index in [0.717, 1.165) is 28.2 Å². The van der Waals surface area contributed by atoms with E-state index >= 15 is 0 Å². The molecule has 4 nitrogen and oxygen atoms in total. The Hall–Kier alpha value is -2.79. The Bertz CT molecular complexity index is 1010. The number of sulfonamides is 1. The predicted octanol–water partition coefficient (Wildman–Crippen LogP) is 5.24. The van der Waals surface area contributed by atoms with E-state index < -0.39 is 10.0 Å². The number of ether oxygens (including phenoxy) is 1. The molecule has 0 saturated heterocycles. The summed E-state index contributed by atoms with van der Waals surface area (Å²) in [4.78, 5) is 0. The Kier molecular flexibility index (Phi) is 5.51. The van der Waals surface area contributed by atoms with Crippen LogP contribution in [-0.4, -0.2) is 21.2 Å². The van der Waals surface area contributed by atoms with Gasteiger partial charge < -0.3 is 4.74 Å². The number of para-hydroxylation sites is 1. The van der Waals surface area contributed by atoms with Gasteiger partial charge in [0.2, 0.25) is 10.0 Å². The van der Waals surface area contributed by atoms with Crippen molar-refractivity contribution in [3.63, 3.8) is 0 Å². The molecule has 0 amide bonds. The molecule has 27 heavy (non-hydrogen) atoms. The summed E-state index contributed by atoms with van der Waals surface area (Å²) in [6.45, 7) is 4.22. The Balaban J connectivity index is 1.84. The van der Waals surface area contributed by atoms with Gasteiger partial charge in [-0.15, -0.1) is 0 Å². The molecule has 0 aliphatic carbocycles. The van der Waals surface area contributed by atoms with Gasteiger partial charge in [-0.05, 0) is 66.9 Å². The van der Waals surface area contributed by atoms with Gasteiger partial charge >= 0.3 is 0 Å². The fraction of sp³-hybridized carbons (Fsp3) is 0.182. The maximum absolute atomic E-state index is 11.9. The highest BCUT2D eigenvalue weighted by Gasteiger charge is 2.16. The molecular formula is C22H23NO3S. The number of rotatable bonds is 6. The summed E-state index contributed by atoms with van der Waals surface area (Å²) >= 11 is 0. The van der Waals surface area contributed by atoms with Crippen LogP contribution in [0.1, 0.15) is 12.5 Å². The van der Waals surface area contributed by atoms with Gasteiger partial charge in [0.05, 0.1) is 11.9 Å². The monoisotopic (exact) mass is 381 g/mol. The Morgan fingerprint density at radius 2 is 1.52 bits per heavy atom. The second-order valence-corrected chi connectivity index (χ2v) is 8.27. The second-order valence-electron chi connectivity index (χ2n) is 6.37. The average Bonchev–Trinajstić information content (AvgIpc) is 2.63. The van der Waals surface area contributed by atoms with Crippen LogP contribution in [0.5, 0.6) is 11.5 Å². The minimum atomic E-state index is -3.28. The fourth-order valence-electron chi connectivity index (χ4n) is 3.06. The minimum Gasteiger partial charge on any atom is -0.457 e. The van der Waals surface area contributed by atoms with Gasteiger partial charge in [0.1, 0.15) is 11.5 Å². The molecule has 3 rings (SSSR count). The maximum Gasteiger partial charge on any atom is 0.232 e. The van der Waals surface area contributed by atoms with Gasteiger partial charge in [0.25, 0.3) is 0 Å². The van der Waals surface area contributed by atoms with Crippen molar-refractivity contribution in [1.82, 2.24) is 0 Å². The maximum atomic E-state index is 11.9. The lowest BCUT2D eigenvalue weighted by atomic mass is 10.00. The van der Waals surface area contributed by atoms with Gasteiger partial charge in [0.15, 0.2) is 0 Å². The molecule has 0 saturated carbocycles. The van der Waals surface area contributed by atoms with Crippen molar-refractivity contribution in [3.8, 4) is 22.6 Å². The minimum absolute atomic E-state index is 0.406. The van der Waals surface area contributed by atoms with Crippen LogP contribution in [-0.2, 0) is 10.0 Å². The Labute approximate surface area is 161 Å². The molecule has 0 fully saturated rings. The first-order valence-electron chi connectivity index (χ1n) is 8.80. The van der Waals surface area contributed by atoms with E-state index in [1.54, 1.807) is 0 Å². The molecule has 0 radical (unpaired) electrons. The lowest BCUT2D eigenvalue weighted by Gasteiger charge is -2.21. The van der Waals surface area contributed by atoms with E-state index in [9.17, 15) is 8.42 Å². The summed E-state index contributed by atoms with van der Waals surface area (Å²) in [5.74, 6) is 1.57. The zero-order valence-electron chi connectivity index (χ0n) is 15.7. The third-order valence-corrected chi connectivity index (χ3v) is 5.60. The van der Waals surface area contributed by atoms with Gasteiger partial charge in [-0.25, -0.2) is 8.42 Å². The standard InChI is InChI=1S/C22H23NO3S/c1-4-23(27(3,24)25)19-12-15-22(17(2)16-19)18-10-13-21(14-11-18)26-20-8-6-5-7-9-20/h5-16H,4H2,1-3H3. The second kappa shape index (κ2) is 7.84. The van der Waals surface area contributed by atoms with Crippen molar-refractivity contribution < 1.29 is 13.2 Å². The van der Waals surface area contributed by atoms with Crippen molar-refractivity contribution in [3.05, 3.63) is 78.4 Å². The first kappa shape index (κ1) is 19.0. The SMILES string of the molecule is CCN(c1ccc(-c2ccc(Oc3ccccc3)cc2)c(C)c1)S(C)(=O)=O. The summed E-state index contributed by atoms with van der Waals surface area (Å²) in [7, 11) is -3.28.